The molecule has 2 heterocycles. The summed E-state index contributed by atoms with van der Waals surface area (Å²) in [5, 5.41) is 0. The third-order valence-corrected chi connectivity index (χ3v) is 2.80. The third kappa shape index (κ3) is 1.41. The Bertz CT molecular complexity index is 488. The Morgan fingerprint density at radius 1 is 1.47 bits per heavy atom. The molecule has 1 aliphatic rings. The Kier molecular flexibility index (Phi) is 1.95. The average molecular weight is 206 g/mol. The fraction of sp³-hybridized carbons (Fsp3) is 0.364. The minimum atomic E-state index is -0.270. The molecule has 0 amide bonds. The van der Waals surface area contributed by atoms with Gasteiger partial charge in [-0.25, -0.2) is 9.37 Å². The van der Waals surface area contributed by atoms with E-state index in [1.807, 2.05) is 6.07 Å². The first-order valence-electron chi connectivity index (χ1n) is 5.06. The van der Waals surface area contributed by atoms with Crippen molar-refractivity contribution < 1.29 is 9.13 Å². The van der Waals surface area contributed by atoms with Crippen LogP contribution in [0.2, 0.25) is 0 Å². The molecule has 3 rings (SSSR count). The zero-order chi connectivity index (χ0) is 10.3. The lowest BCUT2D eigenvalue weighted by molar-refractivity contribution is 0.193. The van der Waals surface area contributed by atoms with Crippen molar-refractivity contribution in [2.45, 2.75) is 12.3 Å². The van der Waals surface area contributed by atoms with Crippen molar-refractivity contribution >= 4 is 11.0 Å². The lowest BCUT2D eigenvalue weighted by atomic mass is 10.1. The maximum Gasteiger partial charge on any atom is 0.151 e. The molecule has 1 atom stereocenters. The van der Waals surface area contributed by atoms with Crippen molar-refractivity contribution in [1.29, 1.82) is 0 Å². The Labute approximate surface area is 86.3 Å². The van der Waals surface area contributed by atoms with E-state index in [0.29, 0.717) is 12.1 Å². The van der Waals surface area contributed by atoms with E-state index in [1.165, 1.54) is 6.07 Å². The number of hydrogen-bond donors (Lipinski definition) is 1. The first-order valence-corrected chi connectivity index (χ1v) is 5.06. The molecule has 1 saturated heterocycles. The number of aromatic nitrogens is 2. The van der Waals surface area contributed by atoms with Crippen molar-refractivity contribution in [1.82, 2.24) is 9.97 Å². The SMILES string of the molecule is Fc1cccc2[nH]c(C3CCOC3)nc12. The Balaban J connectivity index is 2.09. The zero-order valence-electron chi connectivity index (χ0n) is 8.16. The van der Waals surface area contributed by atoms with Gasteiger partial charge in [0.2, 0.25) is 0 Å². The van der Waals surface area contributed by atoms with Gasteiger partial charge in [0.25, 0.3) is 0 Å². The van der Waals surface area contributed by atoms with Crippen molar-refractivity contribution in [3.63, 3.8) is 0 Å². The summed E-state index contributed by atoms with van der Waals surface area (Å²) < 4.78 is 18.7. The van der Waals surface area contributed by atoms with Gasteiger partial charge in [-0.3, -0.25) is 0 Å². The largest absolute Gasteiger partial charge is 0.381 e. The van der Waals surface area contributed by atoms with E-state index >= 15 is 0 Å². The second kappa shape index (κ2) is 3.31. The standard InChI is InChI=1S/C11H11FN2O/c12-8-2-1-3-9-10(8)14-11(13-9)7-4-5-15-6-7/h1-3,7H,4-6H2,(H,13,14). The van der Waals surface area contributed by atoms with Crippen LogP contribution in [-0.4, -0.2) is 23.2 Å². The predicted molar refractivity (Wildman–Crippen MR) is 54.2 cm³/mol. The van der Waals surface area contributed by atoms with Crippen LogP contribution < -0.4 is 0 Å². The lowest BCUT2D eigenvalue weighted by Gasteiger charge is -2.00. The molecule has 0 aliphatic carbocycles. The highest BCUT2D eigenvalue weighted by atomic mass is 19.1. The Morgan fingerprint density at radius 3 is 3.13 bits per heavy atom. The lowest BCUT2D eigenvalue weighted by Crippen LogP contribution is -1.99. The highest BCUT2D eigenvalue weighted by Gasteiger charge is 2.21. The van der Waals surface area contributed by atoms with Crippen molar-refractivity contribution in [2.24, 2.45) is 0 Å². The van der Waals surface area contributed by atoms with Crippen molar-refractivity contribution in [2.75, 3.05) is 13.2 Å². The minimum Gasteiger partial charge on any atom is -0.381 e. The smallest absolute Gasteiger partial charge is 0.151 e. The summed E-state index contributed by atoms with van der Waals surface area (Å²) in [6, 6.07) is 4.95. The number of benzene rings is 1. The van der Waals surface area contributed by atoms with Gasteiger partial charge in [0.15, 0.2) is 5.82 Å². The number of aromatic amines is 1. The molecule has 15 heavy (non-hydrogen) atoms. The molecule has 2 aromatic rings. The summed E-state index contributed by atoms with van der Waals surface area (Å²) >= 11 is 0. The number of para-hydroxylation sites is 1. The molecule has 3 nitrogen and oxygen atoms in total. The molecule has 1 unspecified atom stereocenters. The number of fused-ring (bicyclic) bond motifs is 1. The quantitative estimate of drug-likeness (QED) is 0.776. The van der Waals surface area contributed by atoms with Gasteiger partial charge < -0.3 is 9.72 Å². The number of nitrogens with zero attached hydrogens (tertiary/aromatic N) is 1. The number of halogens is 1. The molecular weight excluding hydrogens is 195 g/mol. The topological polar surface area (TPSA) is 37.9 Å². The van der Waals surface area contributed by atoms with Gasteiger partial charge in [0.05, 0.1) is 12.1 Å². The van der Waals surface area contributed by atoms with Gasteiger partial charge in [-0.1, -0.05) is 6.07 Å². The molecule has 0 bridgehead atoms. The van der Waals surface area contributed by atoms with E-state index in [1.54, 1.807) is 6.07 Å². The van der Waals surface area contributed by atoms with Crippen molar-refractivity contribution in [3.05, 3.63) is 29.8 Å². The van der Waals surface area contributed by atoms with Crippen molar-refractivity contribution in [3.8, 4) is 0 Å². The highest BCUT2D eigenvalue weighted by Crippen LogP contribution is 2.25. The molecule has 1 aromatic heterocycles. The van der Waals surface area contributed by atoms with Gasteiger partial charge >= 0.3 is 0 Å². The van der Waals surface area contributed by atoms with E-state index in [9.17, 15) is 4.39 Å². The predicted octanol–water partition coefficient (Wildman–Crippen LogP) is 2.21. The van der Waals surface area contributed by atoms with Crippen LogP contribution in [0.25, 0.3) is 11.0 Å². The van der Waals surface area contributed by atoms with Crippen LogP contribution in [0.1, 0.15) is 18.2 Å². The van der Waals surface area contributed by atoms with Crippen LogP contribution in [0, 0.1) is 5.82 Å². The number of ether oxygens (including phenoxy) is 1. The van der Waals surface area contributed by atoms with Gasteiger partial charge in [-0.2, -0.15) is 0 Å². The van der Waals surface area contributed by atoms with Crippen LogP contribution in [0.5, 0.6) is 0 Å². The summed E-state index contributed by atoms with van der Waals surface area (Å²) in [6.45, 7) is 1.45. The molecule has 1 fully saturated rings. The monoisotopic (exact) mass is 206 g/mol. The summed E-state index contributed by atoms with van der Waals surface area (Å²) in [6.07, 6.45) is 0.960. The molecule has 1 aliphatic heterocycles. The van der Waals surface area contributed by atoms with Crippen LogP contribution in [0.15, 0.2) is 18.2 Å². The molecule has 4 heteroatoms. The first-order chi connectivity index (χ1) is 7.34. The maximum absolute atomic E-state index is 13.4. The Morgan fingerprint density at radius 2 is 2.40 bits per heavy atom. The highest BCUT2D eigenvalue weighted by molar-refractivity contribution is 5.75. The van der Waals surface area contributed by atoms with Gasteiger partial charge in [-0.05, 0) is 18.6 Å². The van der Waals surface area contributed by atoms with Crippen LogP contribution in [0.3, 0.4) is 0 Å². The number of rotatable bonds is 1. The van der Waals surface area contributed by atoms with E-state index in [-0.39, 0.29) is 11.7 Å². The number of H-pyrrole nitrogens is 1. The van der Waals surface area contributed by atoms with E-state index in [0.717, 1.165) is 24.4 Å². The second-order valence-corrected chi connectivity index (χ2v) is 3.82. The molecule has 1 aromatic carbocycles. The number of nitrogens with one attached hydrogen (secondary N) is 1. The van der Waals surface area contributed by atoms with Crippen LogP contribution in [0.4, 0.5) is 4.39 Å². The fourth-order valence-electron chi connectivity index (χ4n) is 1.96. The molecular formula is C11H11FN2O. The summed E-state index contributed by atoms with van der Waals surface area (Å²) in [5.41, 5.74) is 1.19. The van der Waals surface area contributed by atoms with Gasteiger partial charge in [0, 0.05) is 12.5 Å². The molecule has 0 spiro atoms. The van der Waals surface area contributed by atoms with Crippen LogP contribution in [-0.2, 0) is 4.74 Å². The summed E-state index contributed by atoms with van der Waals surface area (Å²) in [7, 11) is 0. The number of imidazole rings is 1. The summed E-state index contributed by atoms with van der Waals surface area (Å²) in [4.78, 5) is 7.43. The third-order valence-electron chi connectivity index (χ3n) is 2.80. The van der Waals surface area contributed by atoms with Crippen LogP contribution >= 0.6 is 0 Å². The first kappa shape index (κ1) is 8.85. The zero-order valence-corrected chi connectivity index (χ0v) is 8.16. The molecule has 0 saturated carbocycles. The second-order valence-electron chi connectivity index (χ2n) is 3.82. The van der Waals surface area contributed by atoms with E-state index in [4.69, 9.17) is 4.74 Å². The molecule has 1 N–H and O–H groups in total. The molecule has 78 valence electrons. The average Bonchev–Trinajstić information content (AvgIpc) is 2.86. The van der Waals surface area contributed by atoms with Gasteiger partial charge in [-0.15, -0.1) is 0 Å². The summed E-state index contributed by atoms with van der Waals surface area (Å²) in [5.74, 6) is 0.860. The number of hydrogen-bond acceptors (Lipinski definition) is 2. The van der Waals surface area contributed by atoms with E-state index in [2.05, 4.69) is 9.97 Å². The van der Waals surface area contributed by atoms with Gasteiger partial charge in [0.1, 0.15) is 11.3 Å². The maximum atomic E-state index is 13.4. The van der Waals surface area contributed by atoms with E-state index < -0.39 is 0 Å². The minimum absolute atomic E-state index is 0.270. The molecule has 0 radical (unpaired) electrons. The normalized spacial score (nSPS) is 21.3. The Hall–Kier alpha value is -1.42. The fourth-order valence-corrected chi connectivity index (χ4v) is 1.96.